The zero-order valence-corrected chi connectivity index (χ0v) is 12.7. The van der Waals surface area contributed by atoms with Gasteiger partial charge in [0.05, 0.1) is 12.5 Å². The number of carbonyl (C=O) groups excluding carboxylic acids is 2. The van der Waals surface area contributed by atoms with E-state index in [1.807, 2.05) is 4.90 Å². The minimum atomic E-state index is -0.198. The van der Waals surface area contributed by atoms with Crippen LogP contribution in [0.1, 0.15) is 19.3 Å². The molecule has 0 saturated carbocycles. The molecule has 7 heteroatoms. The van der Waals surface area contributed by atoms with E-state index in [0.29, 0.717) is 32.7 Å². The number of nitrogens with two attached hydrogens (primary N) is 1. The van der Waals surface area contributed by atoms with E-state index in [1.54, 1.807) is 12.0 Å². The van der Waals surface area contributed by atoms with Gasteiger partial charge in [-0.25, -0.2) is 0 Å². The minimum absolute atomic E-state index is 0. The van der Waals surface area contributed by atoms with Crippen molar-refractivity contribution in [3.8, 4) is 0 Å². The second kappa shape index (κ2) is 7.81. The smallest absolute Gasteiger partial charge is 0.228 e. The van der Waals surface area contributed by atoms with Crippen molar-refractivity contribution in [3.63, 3.8) is 0 Å². The standard InChI is InChI=1S/C13H23N3O3.ClH/c1-19-6-5-15-9-10(7-12(15)17)13(18)16-4-2-3-11(16)8-14;/h10-11H,2-9,14H2,1H3;1H. The van der Waals surface area contributed by atoms with Crippen LogP contribution >= 0.6 is 12.4 Å². The Balaban J connectivity index is 0.00000200. The Hall–Kier alpha value is -0.850. The van der Waals surface area contributed by atoms with Gasteiger partial charge in [0.2, 0.25) is 11.8 Å². The molecule has 2 saturated heterocycles. The summed E-state index contributed by atoms with van der Waals surface area (Å²) in [5.41, 5.74) is 5.69. The second-order valence-electron chi connectivity index (χ2n) is 5.30. The van der Waals surface area contributed by atoms with Crippen molar-refractivity contribution in [2.24, 2.45) is 11.7 Å². The van der Waals surface area contributed by atoms with Crippen LogP contribution < -0.4 is 5.73 Å². The molecule has 2 N–H and O–H groups in total. The van der Waals surface area contributed by atoms with Crippen molar-refractivity contribution in [1.29, 1.82) is 0 Å². The van der Waals surface area contributed by atoms with E-state index < -0.39 is 0 Å². The molecule has 2 heterocycles. The van der Waals surface area contributed by atoms with Crippen molar-refractivity contribution >= 4 is 24.2 Å². The predicted octanol–water partition coefficient (Wildman–Crippen LogP) is -0.147. The van der Waals surface area contributed by atoms with Crippen molar-refractivity contribution in [3.05, 3.63) is 0 Å². The van der Waals surface area contributed by atoms with Crippen LogP contribution in [0.5, 0.6) is 0 Å². The Morgan fingerprint density at radius 2 is 2.25 bits per heavy atom. The van der Waals surface area contributed by atoms with Crippen LogP contribution in [0.15, 0.2) is 0 Å². The molecule has 2 rings (SSSR count). The van der Waals surface area contributed by atoms with E-state index in [0.717, 1.165) is 19.4 Å². The lowest BCUT2D eigenvalue weighted by molar-refractivity contribution is -0.136. The van der Waals surface area contributed by atoms with Crippen LogP contribution in [0, 0.1) is 5.92 Å². The van der Waals surface area contributed by atoms with E-state index >= 15 is 0 Å². The first kappa shape index (κ1) is 17.2. The Labute approximate surface area is 126 Å². The number of carbonyl (C=O) groups is 2. The summed E-state index contributed by atoms with van der Waals surface area (Å²) in [5, 5.41) is 0. The van der Waals surface area contributed by atoms with Crippen molar-refractivity contribution < 1.29 is 14.3 Å². The van der Waals surface area contributed by atoms with Crippen LogP contribution in [-0.4, -0.2) is 67.6 Å². The molecule has 2 amide bonds. The van der Waals surface area contributed by atoms with E-state index in [4.69, 9.17) is 10.5 Å². The maximum atomic E-state index is 12.4. The normalized spacial score (nSPS) is 26.0. The average Bonchev–Trinajstić information content (AvgIpc) is 3.02. The third-order valence-electron chi connectivity index (χ3n) is 4.06. The summed E-state index contributed by atoms with van der Waals surface area (Å²) < 4.78 is 4.98. The van der Waals surface area contributed by atoms with Gasteiger partial charge in [-0.05, 0) is 12.8 Å². The lowest BCUT2D eigenvalue weighted by Gasteiger charge is -2.26. The Bertz CT molecular complexity index is 354. The first-order valence-electron chi connectivity index (χ1n) is 6.94. The summed E-state index contributed by atoms with van der Waals surface area (Å²) in [7, 11) is 1.61. The topological polar surface area (TPSA) is 75.9 Å². The Kier molecular flexibility index (Phi) is 6.71. The molecule has 0 aromatic heterocycles. The molecule has 2 aliphatic heterocycles. The number of amides is 2. The Morgan fingerprint density at radius 1 is 1.50 bits per heavy atom. The van der Waals surface area contributed by atoms with Gasteiger partial charge in [-0.1, -0.05) is 0 Å². The molecule has 2 fully saturated rings. The molecule has 0 radical (unpaired) electrons. The number of hydrogen-bond donors (Lipinski definition) is 1. The first-order chi connectivity index (χ1) is 9.17. The van der Waals surface area contributed by atoms with Gasteiger partial charge in [0.1, 0.15) is 0 Å². The van der Waals surface area contributed by atoms with Gasteiger partial charge in [0.25, 0.3) is 0 Å². The van der Waals surface area contributed by atoms with Crippen molar-refractivity contribution in [1.82, 2.24) is 9.80 Å². The summed E-state index contributed by atoms with van der Waals surface area (Å²) in [6.45, 7) is 2.90. The second-order valence-corrected chi connectivity index (χ2v) is 5.30. The molecule has 2 atom stereocenters. The number of hydrogen-bond acceptors (Lipinski definition) is 4. The highest BCUT2D eigenvalue weighted by Crippen LogP contribution is 2.24. The first-order valence-corrected chi connectivity index (χ1v) is 6.94. The van der Waals surface area contributed by atoms with Crippen LogP contribution in [0.3, 0.4) is 0 Å². The van der Waals surface area contributed by atoms with Crippen LogP contribution in [0.4, 0.5) is 0 Å². The van der Waals surface area contributed by atoms with Crippen molar-refractivity contribution in [2.45, 2.75) is 25.3 Å². The van der Waals surface area contributed by atoms with Crippen molar-refractivity contribution in [2.75, 3.05) is 39.9 Å². The van der Waals surface area contributed by atoms with Gasteiger partial charge in [-0.3, -0.25) is 9.59 Å². The quantitative estimate of drug-likeness (QED) is 0.766. The molecular formula is C13H24ClN3O3. The Morgan fingerprint density at radius 3 is 2.90 bits per heavy atom. The van der Waals surface area contributed by atoms with E-state index in [9.17, 15) is 9.59 Å². The van der Waals surface area contributed by atoms with Gasteiger partial charge >= 0.3 is 0 Å². The number of ether oxygens (including phenoxy) is 1. The lowest BCUT2D eigenvalue weighted by atomic mass is 10.1. The zero-order valence-electron chi connectivity index (χ0n) is 11.9. The molecule has 20 heavy (non-hydrogen) atoms. The largest absolute Gasteiger partial charge is 0.383 e. The monoisotopic (exact) mass is 305 g/mol. The van der Waals surface area contributed by atoms with E-state index in [1.165, 1.54) is 0 Å². The highest BCUT2D eigenvalue weighted by Gasteiger charge is 2.39. The summed E-state index contributed by atoms with van der Waals surface area (Å²) in [4.78, 5) is 27.9. The fraction of sp³-hybridized carbons (Fsp3) is 0.846. The molecule has 2 unspecified atom stereocenters. The van der Waals surface area contributed by atoms with Crippen LogP contribution in [-0.2, 0) is 14.3 Å². The summed E-state index contributed by atoms with van der Waals surface area (Å²) >= 11 is 0. The summed E-state index contributed by atoms with van der Waals surface area (Å²) in [6, 6.07) is 0.163. The molecule has 0 aromatic carbocycles. The number of nitrogens with zero attached hydrogens (tertiary/aromatic N) is 2. The molecule has 0 aromatic rings. The molecule has 2 aliphatic rings. The van der Waals surface area contributed by atoms with Crippen LogP contribution in [0.25, 0.3) is 0 Å². The van der Waals surface area contributed by atoms with Gasteiger partial charge in [-0.2, -0.15) is 0 Å². The number of likely N-dealkylation sites (tertiary alicyclic amines) is 2. The van der Waals surface area contributed by atoms with Gasteiger partial charge in [-0.15, -0.1) is 12.4 Å². The third kappa shape index (κ3) is 3.62. The maximum absolute atomic E-state index is 12.4. The predicted molar refractivity (Wildman–Crippen MR) is 77.6 cm³/mol. The highest BCUT2D eigenvalue weighted by molar-refractivity contribution is 5.89. The van der Waals surface area contributed by atoms with Gasteiger partial charge in [0, 0.05) is 45.8 Å². The molecule has 6 nitrogen and oxygen atoms in total. The fourth-order valence-electron chi connectivity index (χ4n) is 2.96. The highest BCUT2D eigenvalue weighted by atomic mass is 35.5. The van der Waals surface area contributed by atoms with Gasteiger partial charge < -0.3 is 20.3 Å². The third-order valence-corrected chi connectivity index (χ3v) is 4.06. The maximum Gasteiger partial charge on any atom is 0.228 e. The molecule has 116 valence electrons. The molecule has 0 spiro atoms. The van der Waals surface area contributed by atoms with E-state index in [-0.39, 0.29) is 36.2 Å². The fourth-order valence-corrected chi connectivity index (χ4v) is 2.96. The number of rotatable bonds is 5. The SMILES string of the molecule is COCCN1CC(C(=O)N2CCCC2CN)CC1=O.Cl. The molecule has 0 aliphatic carbocycles. The molecule has 0 bridgehead atoms. The average molecular weight is 306 g/mol. The van der Waals surface area contributed by atoms with Crippen LogP contribution in [0.2, 0.25) is 0 Å². The number of methoxy groups -OCH3 is 1. The van der Waals surface area contributed by atoms with Gasteiger partial charge in [0.15, 0.2) is 0 Å². The molecular weight excluding hydrogens is 282 g/mol. The summed E-state index contributed by atoms with van der Waals surface area (Å²) in [6.07, 6.45) is 2.33. The lowest BCUT2D eigenvalue weighted by Crippen LogP contribution is -2.43. The minimum Gasteiger partial charge on any atom is -0.383 e. The number of halogens is 1. The summed E-state index contributed by atoms with van der Waals surface area (Å²) in [5.74, 6) is -0.0448. The van der Waals surface area contributed by atoms with E-state index in [2.05, 4.69) is 0 Å². The zero-order chi connectivity index (χ0) is 13.8.